The summed E-state index contributed by atoms with van der Waals surface area (Å²) in [5.41, 5.74) is 0. The maximum Gasteiger partial charge on any atom is 0.312 e. The topological polar surface area (TPSA) is 26.3 Å². The Labute approximate surface area is 76.1 Å². The van der Waals surface area contributed by atoms with E-state index in [1.165, 1.54) is 0 Å². The highest BCUT2D eigenvalue weighted by Gasteiger charge is 2.01. The lowest BCUT2D eigenvalue weighted by Crippen LogP contribution is -2.07. The van der Waals surface area contributed by atoms with Gasteiger partial charge in [0, 0.05) is 11.9 Å². The minimum Gasteiger partial charge on any atom is -0.426 e. The van der Waals surface area contributed by atoms with Crippen molar-refractivity contribution in [2.75, 3.05) is 5.88 Å². The number of ether oxygens (including phenoxy) is 1. The SMILES string of the molecule is O=C(CCCl)Oc1[c]cccc1. The molecule has 1 aromatic carbocycles. The van der Waals surface area contributed by atoms with Crippen LogP contribution in [0.15, 0.2) is 24.3 Å². The standard InChI is InChI=1S/C9H8ClO2/c10-7-6-9(11)12-8-4-2-1-3-5-8/h1-4H,6-7H2. The second kappa shape index (κ2) is 4.78. The molecule has 0 amide bonds. The van der Waals surface area contributed by atoms with E-state index in [1.807, 2.05) is 0 Å². The van der Waals surface area contributed by atoms with Crippen LogP contribution in [0.4, 0.5) is 0 Å². The molecule has 0 bridgehead atoms. The zero-order valence-electron chi connectivity index (χ0n) is 6.42. The number of hydrogen-bond acceptors (Lipinski definition) is 2. The van der Waals surface area contributed by atoms with Crippen LogP contribution in [0.1, 0.15) is 6.42 Å². The fourth-order valence-corrected chi connectivity index (χ4v) is 0.845. The lowest BCUT2D eigenvalue weighted by Gasteiger charge is -2.00. The number of carbonyl (C=O) groups is 1. The summed E-state index contributed by atoms with van der Waals surface area (Å²) in [4.78, 5) is 10.9. The molecule has 1 aromatic rings. The summed E-state index contributed by atoms with van der Waals surface area (Å²) >= 11 is 5.35. The largest absolute Gasteiger partial charge is 0.426 e. The van der Waals surface area contributed by atoms with Crippen molar-refractivity contribution in [1.82, 2.24) is 0 Å². The third-order valence-electron chi connectivity index (χ3n) is 1.20. The Morgan fingerprint density at radius 1 is 1.58 bits per heavy atom. The van der Waals surface area contributed by atoms with Gasteiger partial charge in [-0.3, -0.25) is 4.79 Å². The van der Waals surface area contributed by atoms with Gasteiger partial charge in [-0.05, 0) is 6.07 Å². The van der Waals surface area contributed by atoms with Crippen molar-refractivity contribution >= 4 is 17.6 Å². The summed E-state index contributed by atoms with van der Waals surface area (Å²) in [6.45, 7) is 0. The molecule has 0 fully saturated rings. The highest BCUT2D eigenvalue weighted by atomic mass is 35.5. The van der Waals surface area contributed by atoms with Gasteiger partial charge in [0.15, 0.2) is 0 Å². The van der Waals surface area contributed by atoms with Crippen LogP contribution in [0.5, 0.6) is 5.75 Å². The summed E-state index contributed by atoms with van der Waals surface area (Å²) in [7, 11) is 0. The number of benzene rings is 1. The van der Waals surface area contributed by atoms with Crippen molar-refractivity contribution in [3.8, 4) is 5.75 Å². The first-order chi connectivity index (χ1) is 5.83. The monoisotopic (exact) mass is 183 g/mol. The van der Waals surface area contributed by atoms with E-state index in [0.29, 0.717) is 5.75 Å². The fourth-order valence-electron chi connectivity index (χ4n) is 0.691. The van der Waals surface area contributed by atoms with E-state index in [2.05, 4.69) is 6.07 Å². The van der Waals surface area contributed by atoms with Gasteiger partial charge in [0.25, 0.3) is 0 Å². The quantitative estimate of drug-likeness (QED) is 0.407. The Hall–Kier alpha value is -1.02. The van der Waals surface area contributed by atoms with Gasteiger partial charge in [0.2, 0.25) is 0 Å². The van der Waals surface area contributed by atoms with Crippen molar-refractivity contribution in [1.29, 1.82) is 0 Å². The van der Waals surface area contributed by atoms with Crippen LogP contribution in [0, 0.1) is 6.07 Å². The zero-order valence-corrected chi connectivity index (χ0v) is 7.17. The molecule has 0 aliphatic rings. The minimum absolute atomic E-state index is 0.226. The molecule has 63 valence electrons. The van der Waals surface area contributed by atoms with E-state index in [0.717, 1.165) is 0 Å². The average molecular weight is 184 g/mol. The van der Waals surface area contributed by atoms with Gasteiger partial charge in [-0.15, -0.1) is 11.6 Å². The summed E-state index contributed by atoms with van der Waals surface area (Å²) in [6.07, 6.45) is 0.226. The number of para-hydroxylation sites is 1. The molecule has 0 aromatic heterocycles. The second-order valence-electron chi connectivity index (χ2n) is 2.14. The van der Waals surface area contributed by atoms with E-state index < -0.39 is 0 Å². The number of halogens is 1. The molecule has 1 rings (SSSR count). The molecule has 0 spiro atoms. The van der Waals surface area contributed by atoms with Crippen molar-refractivity contribution in [2.45, 2.75) is 6.42 Å². The third-order valence-corrected chi connectivity index (χ3v) is 1.39. The molecule has 2 nitrogen and oxygen atoms in total. The first-order valence-electron chi connectivity index (χ1n) is 3.56. The van der Waals surface area contributed by atoms with Gasteiger partial charge >= 0.3 is 5.97 Å². The molecule has 0 aliphatic heterocycles. The first-order valence-corrected chi connectivity index (χ1v) is 4.10. The molecule has 0 saturated heterocycles. The van der Waals surface area contributed by atoms with E-state index in [4.69, 9.17) is 16.3 Å². The van der Waals surface area contributed by atoms with Gasteiger partial charge in [0.1, 0.15) is 5.75 Å². The number of carbonyl (C=O) groups excluding carboxylic acids is 1. The van der Waals surface area contributed by atoms with Crippen molar-refractivity contribution in [3.63, 3.8) is 0 Å². The van der Waals surface area contributed by atoms with E-state index in [-0.39, 0.29) is 18.3 Å². The maximum atomic E-state index is 10.9. The van der Waals surface area contributed by atoms with E-state index >= 15 is 0 Å². The Balaban J connectivity index is 2.47. The Bertz CT molecular complexity index is 246. The molecule has 1 radical (unpaired) electrons. The van der Waals surface area contributed by atoms with Crippen LogP contribution in [0.25, 0.3) is 0 Å². The van der Waals surface area contributed by atoms with Crippen molar-refractivity contribution in [2.24, 2.45) is 0 Å². The Morgan fingerprint density at radius 2 is 2.42 bits per heavy atom. The van der Waals surface area contributed by atoms with E-state index in [1.54, 1.807) is 24.3 Å². The van der Waals surface area contributed by atoms with Crippen molar-refractivity contribution < 1.29 is 9.53 Å². The first kappa shape index (κ1) is 9.07. The number of rotatable bonds is 3. The normalized spacial score (nSPS) is 9.42. The molecule has 0 saturated carbocycles. The number of alkyl halides is 1. The molecular weight excluding hydrogens is 176 g/mol. The predicted molar refractivity (Wildman–Crippen MR) is 46.3 cm³/mol. The van der Waals surface area contributed by atoms with Gasteiger partial charge in [-0.2, -0.15) is 0 Å². The van der Waals surface area contributed by atoms with Gasteiger partial charge in [-0.25, -0.2) is 0 Å². The molecule has 0 aliphatic carbocycles. The molecule has 0 N–H and O–H groups in total. The van der Waals surface area contributed by atoms with Crippen LogP contribution >= 0.6 is 11.6 Å². The van der Waals surface area contributed by atoms with E-state index in [9.17, 15) is 4.79 Å². The zero-order chi connectivity index (χ0) is 8.81. The summed E-state index contributed by atoms with van der Waals surface area (Å²) in [6, 6.07) is 9.71. The second-order valence-corrected chi connectivity index (χ2v) is 2.52. The Kier molecular flexibility index (Phi) is 3.61. The molecule has 0 unspecified atom stereocenters. The van der Waals surface area contributed by atoms with Crippen LogP contribution in [0.3, 0.4) is 0 Å². The maximum absolute atomic E-state index is 10.9. The lowest BCUT2D eigenvalue weighted by molar-refractivity contribution is -0.133. The minimum atomic E-state index is -0.326. The smallest absolute Gasteiger partial charge is 0.312 e. The molecule has 0 heterocycles. The van der Waals surface area contributed by atoms with Crippen LogP contribution in [-0.2, 0) is 4.79 Å². The summed E-state index contributed by atoms with van der Waals surface area (Å²) in [5, 5.41) is 0. The summed E-state index contributed by atoms with van der Waals surface area (Å²) < 4.78 is 4.88. The van der Waals surface area contributed by atoms with Crippen molar-refractivity contribution in [3.05, 3.63) is 30.3 Å². The molecule has 3 heteroatoms. The highest BCUT2D eigenvalue weighted by Crippen LogP contribution is 2.08. The van der Waals surface area contributed by atoms with Crippen LogP contribution in [-0.4, -0.2) is 11.8 Å². The third kappa shape index (κ3) is 2.93. The van der Waals surface area contributed by atoms with Gasteiger partial charge < -0.3 is 4.74 Å². The lowest BCUT2D eigenvalue weighted by atomic mass is 10.3. The number of esters is 1. The van der Waals surface area contributed by atoms with Crippen LogP contribution < -0.4 is 4.74 Å². The Morgan fingerprint density at radius 3 is 3.00 bits per heavy atom. The van der Waals surface area contributed by atoms with Gasteiger partial charge in [0.05, 0.1) is 6.42 Å². The average Bonchev–Trinajstić information content (AvgIpc) is 2.06. The fraction of sp³-hybridized carbons (Fsp3) is 0.222. The van der Waals surface area contributed by atoms with Gasteiger partial charge in [-0.1, -0.05) is 18.2 Å². The number of hydrogen-bond donors (Lipinski definition) is 0. The van der Waals surface area contributed by atoms with Crippen LogP contribution in [0.2, 0.25) is 0 Å². The molecule has 12 heavy (non-hydrogen) atoms. The highest BCUT2D eigenvalue weighted by molar-refractivity contribution is 6.18. The predicted octanol–water partition coefficient (Wildman–Crippen LogP) is 2.02. The summed E-state index contributed by atoms with van der Waals surface area (Å²) in [5.74, 6) is 0.395. The molecule has 0 atom stereocenters. The molecular formula is C9H8ClO2.